The molecule has 6 heteroatoms. The van der Waals surface area contributed by atoms with Gasteiger partial charge in [0.15, 0.2) is 0 Å². The molecule has 0 amide bonds. The van der Waals surface area contributed by atoms with E-state index < -0.39 is 12.7 Å². The van der Waals surface area contributed by atoms with Crippen molar-refractivity contribution >= 4 is 28.0 Å². The molecular weight excluding hydrogens is 289 g/mol. The van der Waals surface area contributed by atoms with Crippen molar-refractivity contribution in [3.05, 3.63) is 29.3 Å². The van der Waals surface area contributed by atoms with Gasteiger partial charge in [-0.05, 0) is 37.1 Å². The molecule has 0 radical (unpaired) electrons. The molecule has 1 aromatic carbocycles. The lowest BCUT2D eigenvalue weighted by Crippen LogP contribution is -2.37. The van der Waals surface area contributed by atoms with Crippen LogP contribution >= 0.6 is 11.6 Å². The predicted molar refractivity (Wildman–Crippen MR) is 75.3 cm³/mol. The summed E-state index contributed by atoms with van der Waals surface area (Å²) in [6.07, 6.45) is -1.77. The molecule has 2 aliphatic heterocycles. The molecule has 0 saturated carbocycles. The van der Waals surface area contributed by atoms with Crippen LogP contribution in [0.4, 0.5) is 24.5 Å². The highest BCUT2D eigenvalue weighted by Gasteiger charge is 2.38. The van der Waals surface area contributed by atoms with Gasteiger partial charge in [-0.1, -0.05) is 11.6 Å². The molecule has 0 aromatic heterocycles. The van der Waals surface area contributed by atoms with Gasteiger partial charge in [0.05, 0.1) is 0 Å². The maximum Gasteiger partial charge on any atom is 0.405 e. The van der Waals surface area contributed by atoms with E-state index in [1.54, 1.807) is 6.07 Å². The SMILES string of the molecule is CC1Cc2c(ccc3c2C(Cl)=CCN3)N1CC(F)(F)F. The molecule has 108 valence electrons. The minimum absolute atomic E-state index is 0.176. The summed E-state index contributed by atoms with van der Waals surface area (Å²) in [5.41, 5.74) is 3.31. The van der Waals surface area contributed by atoms with Gasteiger partial charge in [-0.25, -0.2) is 0 Å². The summed E-state index contributed by atoms with van der Waals surface area (Å²) in [6.45, 7) is 1.53. The van der Waals surface area contributed by atoms with E-state index in [2.05, 4.69) is 5.32 Å². The molecule has 0 fully saturated rings. The van der Waals surface area contributed by atoms with Gasteiger partial charge in [-0.3, -0.25) is 0 Å². The number of fused-ring (bicyclic) bond motifs is 3. The van der Waals surface area contributed by atoms with Crippen molar-refractivity contribution in [2.24, 2.45) is 0 Å². The summed E-state index contributed by atoms with van der Waals surface area (Å²) < 4.78 is 38.1. The van der Waals surface area contributed by atoms with Crippen molar-refractivity contribution in [3.63, 3.8) is 0 Å². The first kappa shape index (κ1) is 13.6. The standard InChI is InChI=1S/C14H14ClF3N2/c1-8-6-9-12(20(8)7-14(16,17)18)3-2-11-13(9)10(15)4-5-19-11/h2-4,8,19H,5-7H2,1H3. The van der Waals surface area contributed by atoms with E-state index in [0.29, 0.717) is 23.7 Å². The van der Waals surface area contributed by atoms with E-state index in [0.717, 1.165) is 16.8 Å². The number of hydrogen-bond acceptors (Lipinski definition) is 2. The first-order valence-corrected chi connectivity index (χ1v) is 6.84. The highest BCUT2D eigenvalue weighted by molar-refractivity contribution is 6.49. The molecule has 0 aliphatic carbocycles. The van der Waals surface area contributed by atoms with Crippen LogP contribution in [0.25, 0.3) is 5.03 Å². The first-order chi connectivity index (χ1) is 9.37. The van der Waals surface area contributed by atoms with Gasteiger partial charge in [0.1, 0.15) is 6.54 Å². The molecule has 1 atom stereocenters. The molecule has 2 heterocycles. The highest BCUT2D eigenvalue weighted by atomic mass is 35.5. The van der Waals surface area contributed by atoms with E-state index in [1.807, 2.05) is 19.1 Å². The molecule has 0 saturated heterocycles. The Hall–Kier alpha value is -1.36. The number of rotatable bonds is 1. The summed E-state index contributed by atoms with van der Waals surface area (Å²) in [6, 6.07) is 3.39. The van der Waals surface area contributed by atoms with Gasteiger partial charge in [-0.15, -0.1) is 0 Å². The molecule has 2 nitrogen and oxygen atoms in total. The quantitative estimate of drug-likeness (QED) is 0.843. The zero-order chi connectivity index (χ0) is 14.5. The Bertz CT molecular complexity index is 581. The monoisotopic (exact) mass is 302 g/mol. The number of nitrogens with zero attached hydrogens (tertiary/aromatic N) is 1. The van der Waals surface area contributed by atoms with Crippen molar-refractivity contribution < 1.29 is 13.2 Å². The average Bonchev–Trinajstić information content (AvgIpc) is 2.64. The lowest BCUT2D eigenvalue weighted by atomic mass is 9.99. The predicted octanol–water partition coefficient (Wildman–Crippen LogP) is 4.01. The maximum atomic E-state index is 12.7. The van der Waals surface area contributed by atoms with E-state index in [9.17, 15) is 13.2 Å². The Labute approximate surface area is 120 Å². The van der Waals surface area contributed by atoms with Crippen molar-refractivity contribution in [2.45, 2.75) is 25.6 Å². The highest BCUT2D eigenvalue weighted by Crippen LogP contribution is 2.43. The number of alkyl halides is 3. The zero-order valence-corrected chi connectivity index (χ0v) is 11.6. The van der Waals surface area contributed by atoms with Gasteiger partial charge < -0.3 is 10.2 Å². The van der Waals surface area contributed by atoms with Crippen LogP contribution in [0.5, 0.6) is 0 Å². The van der Waals surface area contributed by atoms with Crippen LogP contribution in [0.1, 0.15) is 18.1 Å². The normalized spacial score (nSPS) is 21.1. The Kier molecular flexibility index (Phi) is 3.12. The van der Waals surface area contributed by atoms with Crippen LogP contribution in [0, 0.1) is 0 Å². The number of benzene rings is 1. The third kappa shape index (κ3) is 2.24. The summed E-state index contributed by atoms with van der Waals surface area (Å²) in [7, 11) is 0. The van der Waals surface area contributed by atoms with Gasteiger partial charge in [0.2, 0.25) is 0 Å². The number of hydrogen-bond donors (Lipinski definition) is 1. The molecule has 1 unspecified atom stereocenters. The van der Waals surface area contributed by atoms with Gasteiger partial charge in [-0.2, -0.15) is 13.2 Å². The second-order valence-electron chi connectivity index (χ2n) is 5.21. The smallest absolute Gasteiger partial charge is 0.381 e. The Morgan fingerprint density at radius 2 is 2.15 bits per heavy atom. The van der Waals surface area contributed by atoms with Crippen LogP contribution in [0.3, 0.4) is 0 Å². The maximum absolute atomic E-state index is 12.7. The average molecular weight is 303 g/mol. The second-order valence-corrected chi connectivity index (χ2v) is 5.62. The Morgan fingerprint density at radius 3 is 2.85 bits per heavy atom. The Morgan fingerprint density at radius 1 is 1.40 bits per heavy atom. The topological polar surface area (TPSA) is 15.3 Å². The van der Waals surface area contributed by atoms with E-state index in [-0.39, 0.29) is 6.04 Å². The van der Waals surface area contributed by atoms with E-state index in [1.165, 1.54) is 4.90 Å². The number of anilines is 2. The zero-order valence-electron chi connectivity index (χ0n) is 10.9. The number of halogens is 4. The molecule has 3 rings (SSSR count). The summed E-state index contributed by atoms with van der Waals surface area (Å²) in [5.74, 6) is 0. The summed E-state index contributed by atoms with van der Waals surface area (Å²) in [5, 5.41) is 3.82. The molecule has 0 bridgehead atoms. The fraction of sp³-hybridized carbons (Fsp3) is 0.429. The van der Waals surface area contributed by atoms with Crippen LogP contribution in [0.2, 0.25) is 0 Å². The molecule has 2 aliphatic rings. The fourth-order valence-electron chi connectivity index (χ4n) is 2.96. The molecule has 0 spiro atoms. The minimum Gasteiger partial charge on any atom is -0.381 e. The van der Waals surface area contributed by atoms with Crippen molar-refractivity contribution in [2.75, 3.05) is 23.3 Å². The molecule has 1 N–H and O–H groups in total. The minimum atomic E-state index is -4.20. The molecule has 1 aromatic rings. The van der Waals surface area contributed by atoms with Crippen LogP contribution in [-0.2, 0) is 6.42 Å². The third-order valence-corrected chi connectivity index (χ3v) is 4.13. The lowest BCUT2D eigenvalue weighted by Gasteiger charge is -2.26. The second kappa shape index (κ2) is 4.58. The Balaban J connectivity index is 2.06. The van der Waals surface area contributed by atoms with E-state index >= 15 is 0 Å². The summed E-state index contributed by atoms with van der Waals surface area (Å²) >= 11 is 6.24. The number of nitrogens with one attached hydrogen (secondary N) is 1. The largest absolute Gasteiger partial charge is 0.405 e. The lowest BCUT2D eigenvalue weighted by molar-refractivity contribution is -0.120. The van der Waals surface area contributed by atoms with E-state index in [4.69, 9.17) is 11.6 Å². The fourth-order valence-corrected chi connectivity index (χ4v) is 3.26. The van der Waals surface area contributed by atoms with Crippen LogP contribution < -0.4 is 10.2 Å². The van der Waals surface area contributed by atoms with Crippen molar-refractivity contribution in [3.8, 4) is 0 Å². The van der Waals surface area contributed by atoms with Crippen molar-refractivity contribution in [1.29, 1.82) is 0 Å². The van der Waals surface area contributed by atoms with Gasteiger partial charge >= 0.3 is 6.18 Å². The molecule has 20 heavy (non-hydrogen) atoms. The van der Waals surface area contributed by atoms with Crippen LogP contribution in [-0.4, -0.2) is 25.3 Å². The van der Waals surface area contributed by atoms with Crippen molar-refractivity contribution in [1.82, 2.24) is 0 Å². The van der Waals surface area contributed by atoms with Gasteiger partial charge in [0.25, 0.3) is 0 Å². The third-order valence-electron chi connectivity index (χ3n) is 3.79. The first-order valence-electron chi connectivity index (χ1n) is 6.46. The van der Waals surface area contributed by atoms with Gasteiger partial charge in [0, 0.05) is 34.6 Å². The molecular formula is C14H14ClF3N2. The van der Waals surface area contributed by atoms with Crippen LogP contribution in [0.15, 0.2) is 18.2 Å². The summed E-state index contributed by atoms with van der Waals surface area (Å²) in [4.78, 5) is 1.41.